The van der Waals surface area contributed by atoms with E-state index in [4.69, 9.17) is 14.3 Å². The van der Waals surface area contributed by atoms with Gasteiger partial charge in [-0.2, -0.15) is 0 Å². The fourth-order valence-corrected chi connectivity index (χ4v) is 5.13. The van der Waals surface area contributed by atoms with Crippen molar-refractivity contribution >= 4 is 17.7 Å². The molecule has 2 bridgehead atoms. The molecule has 0 unspecified atom stereocenters. The van der Waals surface area contributed by atoms with E-state index in [-0.39, 0.29) is 44.2 Å². The Morgan fingerprint density at radius 3 is 2.55 bits per heavy atom. The summed E-state index contributed by atoms with van der Waals surface area (Å²) in [4.78, 5) is 47.6. The highest BCUT2D eigenvalue weighted by Crippen LogP contribution is 2.32. The minimum Gasteiger partial charge on any atom is -0.483 e. The number of carbonyl (C=O) groups is 2. The van der Waals surface area contributed by atoms with Crippen molar-refractivity contribution in [1.29, 1.82) is 0 Å². The van der Waals surface area contributed by atoms with E-state index < -0.39 is 76.9 Å². The number of nitrogens with zero attached hydrogens (tertiary/aromatic N) is 3. The van der Waals surface area contributed by atoms with Crippen LogP contribution in [0.15, 0.2) is 58.6 Å². The molecule has 0 saturated heterocycles. The Morgan fingerprint density at radius 1 is 1.14 bits per heavy atom. The number of ether oxygens (including phenoxy) is 2. The number of pyridine rings is 1. The Balaban J connectivity index is 1.60. The van der Waals surface area contributed by atoms with Gasteiger partial charge in [-0.3, -0.25) is 14.4 Å². The van der Waals surface area contributed by atoms with E-state index in [0.717, 1.165) is 6.20 Å². The molecule has 5 rings (SSSR count). The lowest BCUT2D eigenvalue weighted by molar-refractivity contribution is 0.0403. The van der Waals surface area contributed by atoms with Crippen LogP contribution in [-0.4, -0.2) is 60.2 Å². The number of benzene rings is 2. The van der Waals surface area contributed by atoms with E-state index in [1.807, 2.05) is 0 Å². The van der Waals surface area contributed by atoms with Gasteiger partial charge in [0.1, 0.15) is 42.9 Å². The van der Waals surface area contributed by atoms with Crippen LogP contribution in [0.3, 0.4) is 0 Å². The Labute approximate surface area is 248 Å². The Morgan fingerprint density at radius 2 is 1.86 bits per heavy atom. The van der Waals surface area contributed by atoms with Gasteiger partial charge < -0.3 is 29.1 Å². The van der Waals surface area contributed by atoms with Crippen molar-refractivity contribution in [3.05, 3.63) is 98.7 Å². The smallest absolute Gasteiger partial charge is 0.274 e. The summed E-state index contributed by atoms with van der Waals surface area (Å²) in [6, 6.07) is 8.07. The van der Waals surface area contributed by atoms with Crippen molar-refractivity contribution in [2.45, 2.75) is 38.1 Å². The van der Waals surface area contributed by atoms with Crippen LogP contribution >= 0.6 is 0 Å². The van der Waals surface area contributed by atoms with Gasteiger partial charge in [-0.15, -0.1) is 0 Å². The zero-order chi connectivity index (χ0) is 31.4. The van der Waals surface area contributed by atoms with Crippen molar-refractivity contribution in [2.75, 3.05) is 26.9 Å². The number of hydrogen-bond donors (Lipinski definition) is 1. The molecule has 0 saturated carbocycles. The number of carbonyl (C=O) groups excluding carboxylic acids is 2. The van der Waals surface area contributed by atoms with Crippen LogP contribution in [0.4, 0.5) is 17.6 Å². The number of alkyl halides is 1. The number of amides is 2. The molecule has 232 valence electrons. The van der Waals surface area contributed by atoms with Gasteiger partial charge in [0, 0.05) is 49.8 Å². The van der Waals surface area contributed by atoms with Gasteiger partial charge >= 0.3 is 0 Å². The highest BCUT2D eigenvalue weighted by molar-refractivity contribution is 5.99. The highest BCUT2D eigenvalue weighted by Gasteiger charge is 2.40. The summed E-state index contributed by atoms with van der Waals surface area (Å²) in [7, 11) is 1.37. The second-order valence-electron chi connectivity index (χ2n) is 10.2. The number of nitrogens with one attached hydrogen (secondary N) is 1. The number of halogens is 4. The molecular weight excluding hydrogens is 588 g/mol. The lowest BCUT2D eigenvalue weighted by Gasteiger charge is -2.40. The third-order valence-corrected chi connectivity index (χ3v) is 7.43. The second kappa shape index (κ2) is 13.2. The van der Waals surface area contributed by atoms with E-state index in [9.17, 15) is 31.9 Å². The maximum Gasteiger partial charge on any atom is 0.274 e. The average Bonchev–Trinajstić information content (AvgIpc) is 3.01. The summed E-state index contributed by atoms with van der Waals surface area (Å²) in [6.45, 7) is -1.75. The lowest BCUT2D eigenvalue weighted by atomic mass is 10.0. The Kier molecular flexibility index (Phi) is 9.16. The van der Waals surface area contributed by atoms with Crippen LogP contribution in [0, 0.1) is 17.5 Å². The molecule has 0 spiro atoms. The van der Waals surface area contributed by atoms with Gasteiger partial charge in [-0.25, -0.2) is 17.6 Å². The van der Waals surface area contributed by atoms with Crippen LogP contribution in [0.5, 0.6) is 5.75 Å². The van der Waals surface area contributed by atoms with Gasteiger partial charge in [0.2, 0.25) is 11.3 Å². The molecule has 2 aliphatic rings. The van der Waals surface area contributed by atoms with Gasteiger partial charge in [-0.05, 0) is 5.56 Å². The van der Waals surface area contributed by atoms with Crippen LogP contribution < -0.4 is 15.5 Å². The van der Waals surface area contributed by atoms with Gasteiger partial charge in [0.15, 0.2) is 11.4 Å². The average molecular weight is 617 g/mol. The summed E-state index contributed by atoms with van der Waals surface area (Å²) in [6.07, 6.45) is 1.28. The molecule has 2 amide bonds. The molecule has 1 aromatic heterocycles. The summed E-state index contributed by atoms with van der Waals surface area (Å²) in [5.74, 6) is -5.61. The number of oxime groups is 1. The number of rotatable bonds is 7. The molecule has 44 heavy (non-hydrogen) atoms. The summed E-state index contributed by atoms with van der Waals surface area (Å²) in [5, 5.41) is 6.24. The molecule has 3 heterocycles. The van der Waals surface area contributed by atoms with Crippen molar-refractivity contribution in [2.24, 2.45) is 5.16 Å². The van der Waals surface area contributed by atoms with Crippen molar-refractivity contribution in [3.8, 4) is 5.75 Å². The van der Waals surface area contributed by atoms with Crippen molar-refractivity contribution < 1.29 is 41.5 Å². The number of fused-ring (bicyclic) bond motifs is 4. The van der Waals surface area contributed by atoms with Crippen LogP contribution in [-0.2, 0) is 22.7 Å². The number of methoxy groups -OCH3 is 1. The zero-order valence-corrected chi connectivity index (χ0v) is 23.5. The topological polar surface area (TPSA) is 111 Å². The van der Waals surface area contributed by atoms with Gasteiger partial charge in [-0.1, -0.05) is 35.5 Å². The Hall–Kier alpha value is -4.88. The zero-order valence-electron chi connectivity index (χ0n) is 23.5. The summed E-state index contributed by atoms with van der Waals surface area (Å²) >= 11 is 0. The van der Waals surface area contributed by atoms with Crippen molar-refractivity contribution in [3.63, 3.8) is 0 Å². The number of hydrogen-bond acceptors (Lipinski definition) is 7. The minimum atomic E-state index is -1.22. The molecule has 2 aromatic carbocycles. The fourth-order valence-electron chi connectivity index (χ4n) is 5.13. The third kappa shape index (κ3) is 6.24. The molecular formula is C30H28F4N4O6. The second-order valence-corrected chi connectivity index (χ2v) is 10.2. The molecule has 10 nitrogen and oxygen atoms in total. The lowest BCUT2D eigenvalue weighted by Crippen LogP contribution is -2.51. The maximum atomic E-state index is 14.2. The maximum absolute atomic E-state index is 14.2. The molecule has 0 fully saturated rings. The molecule has 14 heteroatoms. The van der Waals surface area contributed by atoms with E-state index in [2.05, 4.69) is 10.5 Å². The first-order valence-corrected chi connectivity index (χ1v) is 13.7. The Bertz CT molecular complexity index is 1630. The van der Waals surface area contributed by atoms with E-state index in [0.29, 0.717) is 17.7 Å². The largest absolute Gasteiger partial charge is 0.483 e. The first kappa shape index (κ1) is 30.6. The molecule has 0 radical (unpaired) electrons. The molecule has 2 aliphatic heterocycles. The van der Waals surface area contributed by atoms with Crippen LogP contribution in [0.25, 0.3) is 0 Å². The molecule has 2 atom stereocenters. The first-order valence-electron chi connectivity index (χ1n) is 13.7. The van der Waals surface area contributed by atoms with E-state index in [1.165, 1.54) is 16.6 Å². The normalized spacial score (nSPS) is 19.2. The SMILES string of the molecule is CO/C1=N/OCC[C@H](CF)N2C[C@H](C1)n1cc(C(=O)NCc3c(F)cc(F)cc3F)c(=O)c(OCc3ccccc3)c1C2=O. The molecule has 3 aromatic rings. The first-order chi connectivity index (χ1) is 21.2. The van der Waals surface area contributed by atoms with Crippen LogP contribution in [0.2, 0.25) is 0 Å². The predicted octanol–water partition coefficient (Wildman–Crippen LogP) is 3.88. The standard InChI is InChI=1S/C30H28F4N4O6/c1-42-25-11-20-14-38(19(12-31)7-8-44-36-25)30(41)26-28(43-16-17-5-3-2-4-6-17)27(39)22(15-37(20)26)29(40)35-13-21-23(33)9-18(32)10-24(21)34/h2-6,9-10,15,19-20H,7-8,11-14,16H2,1H3,(H,35,40)/b36-25+/t19-,20+/m1/s1. The van der Waals surface area contributed by atoms with E-state index >= 15 is 0 Å². The molecule has 0 aliphatic carbocycles. The monoisotopic (exact) mass is 616 g/mol. The van der Waals surface area contributed by atoms with Gasteiger partial charge in [0.05, 0.1) is 19.2 Å². The fraction of sp³-hybridized carbons (Fsp3) is 0.333. The van der Waals surface area contributed by atoms with Gasteiger partial charge in [0.25, 0.3) is 11.8 Å². The highest BCUT2D eigenvalue weighted by atomic mass is 19.1. The predicted molar refractivity (Wildman–Crippen MR) is 148 cm³/mol. The summed E-state index contributed by atoms with van der Waals surface area (Å²) < 4.78 is 68.6. The van der Waals surface area contributed by atoms with E-state index in [1.54, 1.807) is 30.3 Å². The van der Waals surface area contributed by atoms with Crippen molar-refractivity contribution in [1.82, 2.24) is 14.8 Å². The molecule has 1 N–H and O–H groups in total. The number of aromatic nitrogens is 1. The third-order valence-electron chi connectivity index (χ3n) is 7.43. The summed E-state index contributed by atoms with van der Waals surface area (Å²) in [5.41, 5.74) is -1.63. The van der Waals surface area contributed by atoms with Crippen LogP contribution in [0.1, 0.15) is 50.9 Å². The minimum absolute atomic E-state index is 0.00835. The quantitative estimate of drug-likeness (QED) is 0.404.